The molecule has 3 rings (SSSR count). The van der Waals surface area contributed by atoms with Crippen molar-refractivity contribution in [3.05, 3.63) is 35.0 Å². The Kier molecular flexibility index (Phi) is 4.83. The number of hydrogen-bond acceptors (Lipinski definition) is 4. The second-order valence-electron chi connectivity index (χ2n) is 5.14. The monoisotopic (exact) mass is 335 g/mol. The number of rotatable bonds is 4. The van der Waals surface area contributed by atoms with Crippen molar-refractivity contribution >= 4 is 17.5 Å². The number of H-pyrrole nitrogens is 1. The third-order valence-corrected chi connectivity index (χ3v) is 3.98. The molecule has 1 fully saturated rings. The maximum atomic E-state index is 12.7. The zero-order valence-electron chi connectivity index (χ0n) is 12.8. The average Bonchev–Trinajstić information content (AvgIpc) is 3.06. The van der Waals surface area contributed by atoms with Gasteiger partial charge in [0.1, 0.15) is 5.75 Å². The van der Waals surface area contributed by atoms with E-state index in [2.05, 4.69) is 10.2 Å². The minimum atomic E-state index is -0.0537. The van der Waals surface area contributed by atoms with Crippen LogP contribution in [0, 0.1) is 0 Å². The van der Waals surface area contributed by atoms with Crippen LogP contribution in [0.1, 0.15) is 17.3 Å². The quantitative estimate of drug-likeness (QED) is 0.932. The van der Waals surface area contributed by atoms with Crippen molar-refractivity contribution < 1.29 is 14.3 Å². The molecule has 1 aliphatic rings. The lowest BCUT2D eigenvalue weighted by Gasteiger charge is -2.26. The summed E-state index contributed by atoms with van der Waals surface area (Å²) >= 11 is 6.23. The molecule has 2 heterocycles. The van der Waals surface area contributed by atoms with E-state index in [4.69, 9.17) is 21.1 Å². The molecule has 0 unspecified atom stereocenters. The highest BCUT2D eigenvalue weighted by Gasteiger charge is 2.23. The number of morpholine rings is 1. The summed E-state index contributed by atoms with van der Waals surface area (Å²) < 4.78 is 10.7. The van der Waals surface area contributed by atoms with Crippen molar-refractivity contribution in [1.29, 1.82) is 0 Å². The molecule has 1 N–H and O–H groups in total. The second-order valence-corrected chi connectivity index (χ2v) is 5.55. The number of benzene rings is 1. The number of carbonyl (C=O) groups is 1. The first-order valence-corrected chi connectivity index (χ1v) is 7.91. The van der Waals surface area contributed by atoms with E-state index in [-0.39, 0.29) is 5.91 Å². The fourth-order valence-electron chi connectivity index (χ4n) is 2.53. The smallest absolute Gasteiger partial charge is 0.257 e. The first kappa shape index (κ1) is 15.8. The van der Waals surface area contributed by atoms with Crippen LogP contribution in [0.3, 0.4) is 0 Å². The number of nitrogens with one attached hydrogen (secondary N) is 1. The Bertz CT molecular complexity index is 696. The van der Waals surface area contributed by atoms with Crippen LogP contribution in [0.15, 0.2) is 24.4 Å². The van der Waals surface area contributed by atoms with E-state index in [0.29, 0.717) is 54.9 Å². The lowest BCUT2D eigenvalue weighted by molar-refractivity contribution is 0.0303. The van der Waals surface area contributed by atoms with E-state index in [1.807, 2.05) is 13.0 Å². The molecule has 122 valence electrons. The van der Waals surface area contributed by atoms with Gasteiger partial charge in [0.05, 0.1) is 42.3 Å². The maximum Gasteiger partial charge on any atom is 0.257 e. The Labute approximate surface area is 139 Å². The number of ether oxygens (including phenoxy) is 2. The van der Waals surface area contributed by atoms with Gasteiger partial charge in [-0.2, -0.15) is 5.10 Å². The van der Waals surface area contributed by atoms with Crippen molar-refractivity contribution in [1.82, 2.24) is 15.1 Å². The zero-order chi connectivity index (χ0) is 16.2. The Morgan fingerprint density at radius 2 is 2.22 bits per heavy atom. The van der Waals surface area contributed by atoms with Crippen molar-refractivity contribution in [2.24, 2.45) is 0 Å². The van der Waals surface area contributed by atoms with Gasteiger partial charge in [0.25, 0.3) is 5.91 Å². The summed E-state index contributed by atoms with van der Waals surface area (Å²) in [6.45, 7) is 4.75. The molecule has 1 saturated heterocycles. The van der Waals surface area contributed by atoms with Gasteiger partial charge in [-0.15, -0.1) is 0 Å². The van der Waals surface area contributed by atoms with E-state index in [1.165, 1.54) is 0 Å². The molecule has 23 heavy (non-hydrogen) atoms. The van der Waals surface area contributed by atoms with Gasteiger partial charge < -0.3 is 14.4 Å². The van der Waals surface area contributed by atoms with Gasteiger partial charge in [-0.3, -0.25) is 9.89 Å². The second kappa shape index (κ2) is 7.02. The molecule has 1 amide bonds. The standard InChI is InChI=1S/C16H18ClN3O3/c1-2-23-14-4-3-11(9-13(14)17)15-12(10-18-19-15)16(21)20-5-7-22-8-6-20/h3-4,9-10H,2,5-8H2,1H3,(H,18,19). The molecule has 7 heteroatoms. The molecule has 6 nitrogen and oxygen atoms in total. The number of halogens is 1. The van der Waals surface area contributed by atoms with Crippen molar-refractivity contribution in [3.63, 3.8) is 0 Å². The average molecular weight is 336 g/mol. The molecular formula is C16H18ClN3O3. The van der Waals surface area contributed by atoms with Gasteiger partial charge >= 0.3 is 0 Å². The fourth-order valence-corrected chi connectivity index (χ4v) is 2.77. The van der Waals surface area contributed by atoms with Crippen LogP contribution in [0.25, 0.3) is 11.3 Å². The van der Waals surface area contributed by atoms with Gasteiger partial charge in [0.15, 0.2) is 0 Å². The normalized spacial score (nSPS) is 14.8. The molecular weight excluding hydrogens is 318 g/mol. The minimum absolute atomic E-state index is 0.0537. The number of nitrogens with zero attached hydrogens (tertiary/aromatic N) is 2. The van der Waals surface area contributed by atoms with Crippen LogP contribution in [-0.2, 0) is 4.74 Å². The lowest BCUT2D eigenvalue weighted by atomic mass is 10.1. The first-order valence-electron chi connectivity index (χ1n) is 7.53. The van der Waals surface area contributed by atoms with Crippen LogP contribution in [-0.4, -0.2) is 53.9 Å². The summed E-state index contributed by atoms with van der Waals surface area (Å²) in [5.74, 6) is 0.570. The minimum Gasteiger partial charge on any atom is -0.492 e. The summed E-state index contributed by atoms with van der Waals surface area (Å²) in [5, 5.41) is 7.42. The highest BCUT2D eigenvalue weighted by molar-refractivity contribution is 6.32. The van der Waals surface area contributed by atoms with Gasteiger partial charge in [0, 0.05) is 18.7 Å². The molecule has 0 spiro atoms. The number of carbonyl (C=O) groups excluding carboxylic acids is 1. The Balaban J connectivity index is 1.88. The van der Waals surface area contributed by atoms with Crippen LogP contribution < -0.4 is 4.74 Å². The van der Waals surface area contributed by atoms with Gasteiger partial charge in [-0.1, -0.05) is 11.6 Å². The Morgan fingerprint density at radius 3 is 2.91 bits per heavy atom. The lowest BCUT2D eigenvalue weighted by Crippen LogP contribution is -2.40. The fraction of sp³-hybridized carbons (Fsp3) is 0.375. The highest BCUT2D eigenvalue weighted by atomic mass is 35.5. The third kappa shape index (κ3) is 3.33. The molecule has 0 saturated carbocycles. The van der Waals surface area contributed by atoms with Crippen molar-refractivity contribution in [3.8, 4) is 17.0 Å². The number of aromatic amines is 1. The topological polar surface area (TPSA) is 67.5 Å². The molecule has 1 aliphatic heterocycles. The predicted molar refractivity (Wildman–Crippen MR) is 86.9 cm³/mol. The van der Waals surface area contributed by atoms with E-state index in [9.17, 15) is 4.79 Å². The molecule has 0 aliphatic carbocycles. The van der Waals surface area contributed by atoms with Crippen LogP contribution in [0.5, 0.6) is 5.75 Å². The molecule has 0 atom stereocenters. The number of aromatic nitrogens is 2. The summed E-state index contributed by atoms with van der Waals surface area (Å²) in [7, 11) is 0. The molecule has 0 bridgehead atoms. The van der Waals surface area contributed by atoms with Crippen LogP contribution in [0.4, 0.5) is 0 Å². The molecule has 0 radical (unpaired) electrons. The van der Waals surface area contributed by atoms with E-state index < -0.39 is 0 Å². The zero-order valence-corrected chi connectivity index (χ0v) is 13.6. The summed E-state index contributed by atoms with van der Waals surface area (Å²) in [6.07, 6.45) is 1.55. The van der Waals surface area contributed by atoms with Crippen LogP contribution in [0.2, 0.25) is 5.02 Å². The van der Waals surface area contributed by atoms with Crippen molar-refractivity contribution in [2.75, 3.05) is 32.9 Å². The van der Waals surface area contributed by atoms with Gasteiger partial charge in [-0.05, 0) is 25.1 Å². The largest absolute Gasteiger partial charge is 0.492 e. The summed E-state index contributed by atoms with van der Waals surface area (Å²) in [5.41, 5.74) is 1.99. The van der Waals surface area contributed by atoms with E-state index in [1.54, 1.807) is 23.2 Å². The first-order chi connectivity index (χ1) is 11.2. The summed E-state index contributed by atoms with van der Waals surface area (Å²) in [6, 6.07) is 5.43. The van der Waals surface area contributed by atoms with Gasteiger partial charge in [0.2, 0.25) is 0 Å². The number of hydrogen-bond donors (Lipinski definition) is 1. The van der Waals surface area contributed by atoms with E-state index >= 15 is 0 Å². The summed E-state index contributed by atoms with van der Waals surface area (Å²) in [4.78, 5) is 14.4. The Morgan fingerprint density at radius 1 is 1.43 bits per heavy atom. The SMILES string of the molecule is CCOc1ccc(-c2[nH]ncc2C(=O)N2CCOCC2)cc1Cl. The third-order valence-electron chi connectivity index (χ3n) is 3.69. The maximum absolute atomic E-state index is 12.7. The Hall–Kier alpha value is -2.05. The molecule has 1 aromatic heterocycles. The molecule has 2 aromatic rings. The molecule has 1 aromatic carbocycles. The predicted octanol–water partition coefficient (Wildman–Crippen LogP) is 2.60. The van der Waals surface area contributed by atoms with Crippen molar-refractivity contribution in [2.45, 2.75) is 6.92 Å². The van der Waals surface area contributed by atoms with Gasteiger partial charge in [-0.25, -0.2) is 0 Å². The van der Waals surface area contributed by atoms with E-state index in [0.717, 1.165) is 5.56 Å². The highest BCUT2D eigenvalue weighted by Crippen LogP contribution is 2.31. The van der Waals surface area contributed by atoms with Crippen LogP contribution >= 0.6 is 11.6 Å². The number of amides is 1.